The Morgan fingerprint density at radius 2 is 1.94 bits per heavy atom. The highest BCUT2D eigenvalue weighted by Crippen LogP contribution is 2.37. The van der Waals surface area contributed by atoms with Crippen molar-refractivity contribution in [2.24, 2.45) is 5.10 Å². The molecule has 1 fully saturated rings. The van der Waals surface area contributed by atoms with Gasteiger partial charge in [-0.25, -0.2) is 5.43 Å². The molecule has 2 aromatic rings. The lowest BCUT2D eigenvalue weighted by atomic mass is 10.2. The summed E-state index contributed by atoms with van der Waals surface area (Å²) in [5.41, 5.74) is 4.00. The van der Waals surface area contributed by atoms with Gasteiger partial charge in [0, 0.05) is 13.1 Å². The quantitative estimate of drug-likeness (QED) is 0.451. The Hall–Kier alpha value is -2.03. The van der Waals surface area contributed by atoms with Crippen molar-refractivity contribution in [3.63, 3.8) is 0 Å². The SMILES string of the molecule is COc1cc(/C=N/NC(=O)CN2CCOCC2)cc(Cl)c1OCc1ccc(Cl)c(Cl)c1. The van der Waals surface area contributed by atoms with E-state index in [2.05, 4.69) is 10.5 Å². The lowest BCUT2D eigenvalue weighted by Gasteiger charge is -2.25. The maximum Gasteiger partial charge on any atom is 0.254 e. The van der Waals surface area contributed by atoms with E-state index in [1.54, 1.807) is 24.3 Å². The molecule has 3 rings (SSSR count). The summed E-state index contributed by atoms with van der Waals surface area (Å²) in [7, 11) is 1.52. The molecule has 0 unspecified atom stereocenters. The number of nitrogens with one attached hydrogen (secondary N) is 1. The summed E-state index contributed by atoms with van der Waals surface area (Å²) >= 11 is 18.4. The number of benzene rings is 2. The van der Waals surface area contributed by atoms with Gasteiger partial charge < -0.3 is 14.2 Å². The zero-order valence-corrected chi connectivity index (χ0v) is 19.1. The summed E-state index contributed by atoms with van der Waals surface area (Å²) in [5.74, 6) is 0.634. The van der Waals surface area contributed by atoms with Crippen LogP contribution in [0.5, 0.6) is 11.5 Å². The molecule has 1 saturated heterocycles. The molecular weight excluding hydrogens is 465 g/mol. The lowest BCUT2D eigenvalue weighted by molar-refractivity contribution is -0.123. The van der Waals surface area contributed by atoms with Gasteiger partial charge in [0.2, 0.25) is 0 Å². The van der Waals surface area contributed by atoms with E-state index in [0.29, 0.717) is 45.3 Å². The van der Waals surface area contributed by atoms with Gasteiger partial charge in [0.15, 0.2) is 11.5 Å². The fourth-order valence-electron chi connectivity index (χ4n) is 2.92. The van der Waals surface area contributed by atoms with E-state index >= 15 is 0 Å². The van der Waals surface area contributed by atoms with E-state index in [-0.39, 0.29) is 19.1 Å². The monoisotopic (exact) mass is 485 g/mol. The molecule has 1 aliphatic heterocycles. The molecule has 31 heavy (non-hydrogen) atoms. The van der Waals surface area contributed by atoms with Crippen LogP contribution in [-0.4, -0.2) is 57.0 Å². The average Bonchev–Trinajstić information content (AvgIpc) is 2.75. The van der Waals surface area contributed by atoms with Crippen molar-refractivity contribution >= 4 is 46.9 Å². The first-order chi connectivity index (χ1) is 15.0. The largest absolute Gasteiger partial charge is 0.493 e. The zero-order valence-electron chi connectivity index (χ0n) is 16.9. The minimum Gasteiger partial charge on any atom is -0.493 e. The molecule has 0 atom stereocenters. The number of carbonyl (C=O) groups excluding carboxylic acids is 1. The first-order valence-corrected chi connectivity index (χ1v) is 10.7. The molecule has 0 aromatic heterocycles. The Labute approximate surface area is 195 Å². The number of hydrazone groups is 1. The van der Waals surface area contributed by atoms with E-state index in [1.807, 2.05) is 11.0 Å². The Morgan fingerprint density at radius 3 is 2.65 bits per heavy atom. The summed E-state index contributed by atoms with van der Waals surface area (Å²) in [6.07, 6.45) is 1.49. The van der Waals surface area contributed by atoms with Crippen LogP contribution in [0.25, 0.3) is 0 Å². The second kappa shape index (κ2) is 11.5. The number of halogens is 3. The minimum atomic E-state index is -0.196. The highest BCUT2D eigenvalue weighted by Gasteiger charge is 2.14. The Morgan fingerprint density at radius 1 is 1.16 bits per heavy atom. The van der Waals surface area contributed by atoms with Gasteiger partial charge in [-0.15, -0.1) is 0 Å². The lowest BCUT2D eigenvalue weighted by Crippen LogP contribution is -2.42. The summed E-state index contributed by atoms with van der Waals surface area (Å²) in [6.45, 7) is 3.23. The van der Waals surface area contributed by atoms with Crippen molar-refractivity contribution in [1.29, 1.82) is 0 Å². The summed E-state index contributed by atoms with van der Waals surface area (Å²) < 4.78 is 16.5. The number of rotatable bonds is 8. The van der Waals surface area contributed by atoms with Crippen molar-refractivity contribution < 1.29 is 19.0 Å². The summed E-state index contributed by atoms with van der Waals surface area (Å²) in [4.78, 5) is 14.0. The van der Waals surface area contributed by atoms with E-state index in [4.69, 9.17) is 49.0 Å². The first-order valence-electron chi connectivity index (χ1n) is 9.52. The molecular formula is C21H22Cl3N3O4. The van der Waals surface area contributed by atoms with Gasteiger partial charge in [0.25, 0.3) is 5.91 Å². The van der Waals surface area contributed by atoms with Gasteiger partial charge in [0.1, 0.15) is 6.61 Å². The topological polar surface area (TPSA) is 72.4 Å². The van der Waals surface area contributed by atoms with Crippen LogP contribution in [0, 0.1) is 0 Å². The predicted octanol–water partition coefficient (Wildman–Crippen LogP) is 4.02. The number of morpholine rings is 1. The third-order valence-corrected chi connectivity index (χ3v) is 5.51. The number of ether oxygens (including phenoxy) is 3. The zero-order chi connectivity index (χ0) is 22.2. The Balaban J connectivity index is 1.60. The molecule has 10 heteroatoms. The predicted molar refractivity (Wildman–Crippen MR) is 122 cm³/mol. The van der Waals surface area contributed by atoms with Crippen LogP contribution < -0.4 is 14.9 Å². The number of hydrogen-bond acceptors (Lipinski definition) is 6. The second-order valence-corrected chi connectivity index (χ2v) is 7.97. The number of amides is 1. The second-order valence-electron chi connectivity index (χ2n) is 6.75. The van der Waals surface area contributed by atoms with Crippen LogP contribution in [0.3, 0.4) is 0 Å². The van der Waals surface area contributed by atoms with Crippen molar-refractivity contribution in [3.05, 3.63) is 56.5 Å². The van der Waals surface area contributed by atoms with E-state index < -0.39 is 0 Å². The van der Waals surface area contributed by atoms with Gasteiger partial charge in [-0.3, -0.25) is 9.69 Å². The van der Waals surface area contributed by atoms with Crippen molar-refractivity contribution in [3.8, 4) is 11.5 Å². The Kier molecular flexibility index (Phi) is 8.80. The molecule has 1 amide bonds. The standard InChI is InChI=1S/C21H22Cl3N3O4/c1-29-19-10-15(11-25-26-20(28)12-27-4-6-30-7-5-27)9-18(24)21(19)31-13-14-2-3-16(22)17(23)8-14/h2-3,8-11H,4-7,12-13H2,1H3,(H,26,28)/b25-11+. The number of carbonyl (C=O) groups is 1. The third kappa shape index (κ3) is 6.98. The van der Waals surface area contributed by atoms with E-state index in [9.17, 15) is 4.79 Å². The van der Waals surface area contributed by atoms with Gasteiger partial charge in [-0.1, -0.05) is 40.9 Å². The maximum absolute atomic E-state index is 12.0. The number of methoxy groups -OCH3 is 1. The normalized spacial score (nSPS) is 14.6. The number of hydrogen-bond donors (Lipinski definition) is 1. The van der Waals surface area contributed by atoms with Gasteiger partial charge >= 0.3 is 0 Å². The van der Waals surface area contributed by atoms with E-state index in [1.165, 1.54) is 13.3 Å². The Bertz CT molecular complexity index is 950. The molecule has 7 nitrogen and oxygen atoms in total. The molecule has 0 spiro atoms. The fraction of sp³-hybridized carbons (Fsp3) is 0.333. The molecule has 166 valence electrons. The third-order valence-electron chi connectivity index (χ3n) is 4.49. The van der Waals surface area contributed by atoms with Gasteiger partial charge in [-0.2, -0.15) is 5.10 Å². The molecule has 0 aliphatic carbocycles. The molecule has 1 aliphatic rings. The smallest absolute Gasteiger partial charge is 0.254 e. The highest BCUT2D eigenvalue weighted by atomic mass is 35.5. The molecule has 1 heterocycles. The molecule has 0 saturated carbocycles. The van der Waals surface area contributed by atoms with Crippen molar-refractivity contribution in [2.45, 2.75) is 6.61 Å². The maximum atomic E-state index is 12.0. The fourth-order valence-corrected chi connectivity index (χ4v) is 3.51. The van der Waals surface area contributed by atoms with Crippen LogP contribution in [0.15, 0.2) is 35.4 Å². The first kappa shape index (κ1) is 23.6. The molecule has 2 aromatic carbocycles. The van der Waals surface area contributed by atoms with Crippen molar-refractivity contribution in [1.82, 2.24) is 10.3 Å². The van der Waals surface area contributed by atoms with Crippen LogP contribution in [0.2, 0.25) is 15.1 Å². The van der Waals surface area contributed by atoms with Crippen LogP contribution in [-0.2, 0) is 16.1 Å². The van der Waals surface area contributed by atoms with E-state index in [0.717, 1.165) is 18.7 Å². The average molecular weight is 487 g/mol. The van der Waals surface area contributed by atoms with Crippen LogP contribution in [0.4, 0.5) is 0 Å². The minimum absolute atomic E-state index is 0.196. The molecule has 0 radical (unpaired) electrons. The molecule has 1 N–H and O–H groups in total. The summed E-state index contributed by atoms with van der Waals surface area (Å²) in [6, 6.07) is 8.63. The molecule has 0 bridgehead atoms. The van der Waals surface area contributed by atoms with Gasteiger partial charge in [-0.05, 0) is 35.4 Å². The van der Waals surface area contributed by atoms with Crippen LogP contribution in [0.1, 0.15) is 11.1 Å². The summed E-state index contributed by atoms with van der Waals surface area (Å²) in [5, 5.41) is 5.27. The van der Waals surface area contributed by atoms with Crippen molar-refractivity contribution in [2.75, 3.05) is 40.0 Å². The van der Waals surface area contributed by atoms with Crippen LogP contribution >= 0.6 is 34.8 Å². The van der Waals surface area contributed by atoms with Gasteiger partial charge in [0.05, 0.1) is 48.2 Å². The number of nitrogens with zero attached hydrogens (tertiary/aromatic N) is 2. The highest BCUT2D eigenvalue weighted by molar-refractivity contribution is 6.42.